The molecule has 0 aliphatic rings. The van der Waals surface area contributed by atoms with Crippen molar-refractivity contribution in [3.63, 3.8) is 0 Å². The zero-order valence-electron chi connectivity index (χ0n) is 10.7. The minimum atomic E-state index is -0.466. The standard InChI is InChI=1S/C14H18FNO/c1-6-14(3,4)16-10(2)12-8-7-11(17-5)9-13(12)15/h1,7-10,16H,2-5H3. The molecule has 1 aromatic carbocycles. The van der Waals surface area contributed by atoms with Crippen molar-refractivity contribution < 1.29 is 9.13 Å². The largest absolute Gasteiger partial charge is 0.497 e. The molecule has 3 heteroatoms. The van der Waals surface area contributed by atoms with Crippen LogP contribution in [-0.2, 0) is 0 Å². The monoisotopic (exact) mass is 235 g/mol. The normalized spacial score (nSPS) is 12.9. The van der Waals surface area contributed by atoms with Gasteiger partial charge in [0.2, 0.25) is 0 Å². The van der Waals surface area contributed by atoms with E-state index >= 15 is 0 Å². The summed E-state index contributed by atoms with van der Waals surface area (Å²) in [5.41, 5.74) is 0.111. The maximum atomic E-state index is 13.8. The topological polar surface area (TPSA) is 21.3 Å². The lowest BCUT2D eigenvalue weighted by Crippen LogP contribution is -2.39. The number of methoxy groups -OCH3 is 1. The molecule has 0 saturated heterocycles. The van der Waals surface area contributed by atoms with E-state index in [1.165, 1.54) is 13.2 Å². The first kappa shape index (κ1) is 13.5. The van der Waals surface area contributed by atoms with E-state index in [-0.39, 0.29) is 11.9 Å². The van der Waals surface area contributed by atoms with Gasteiger partial charge >= 0.3 is 0 Å². The lowest BCUT2D eigenvalue weighted by atomic mass is 10.0. The number of rotatable bonds is 4. The van der Waals surface area contributed by atoms with Gasteiger partial charge in [0, 0.05) is 17.7 Å². The number of hydrogen-bond donors (Lipinski definition) is 1. The molecule has 0 spiro atoms. The Balaban J connectivity index is 2.90. The molecule has 1 N–H and O–H groups in total. The fourth-order valence-corrected chi connectivity index (χ4v) is 1.65. The third-order valence-electron chi connectivity index (χ3n) is 2.61. The Morgan fingerprint density at radius 1 is 1.47 bits per heavy atom. The number of benzene rings is 1. The van der Waals surface area contributed by atoms with Crippen LogP contribution in [0.25, 0.3) is 0 Å². The summed E-state index contributed by atoms with van der Waals surface area (Å²) in [7, 11) is 1.51. The van der Waals surface area contributed by atoms with Gasteiger partial charge in [-0.25, -0.2) is 4.39 Å². The minimum absolute atomic E-state index is 0.160. The minimum Gasteiger partial charge on any atom is -0.497 e. The van der Waals surface area contributed by atoms with Crippen LogP contribution in [-0.4, -0.2) is 12.6 Å². The first-order valence-electron chi connectivity index (χ1n) is 5.48. The molecule has 17 heavy (non-hydrogen) atoms. The van der Waals surface area contributed by atoms with Gasteiger partial charge in [0.25, 0.3) is 0 Å². The van der Waals surface area contributed by atoms with Crippen molar-refractivity contribution in [3.05, 3.63) is 29.6 Å². The van der Waals surface area contributed by atoms with Crippen LogP contribution in [0.3, 0.4) is 0 Å². The Labute approximate surface area is 102 Å². The molecule has 0 saturated carbocycles. The molecule has 0 heterocycles. The quantitative estimate of drug-likeness (QED) is 0.810. The van der Waals surface area contributed by atoms with Crippen LogP contribution in [0.2, 0.25) is 0 Å². The highest BCUT2D eigenvalue weighted by molar-refractivity contribution is 5.31. The highest BCUT2D eigenvalue weighted by Crippen LogP contribution is 2.23. The first-order valence-corrected chi connectivity index (χ1v) is 5.48. The van der Waals surface area contributed by atoms with E-state index in [1.807, 2.05) is 20.8 Å². The number of halogens is 1. The predicted molar refractivity (Wildman–Crippen MR) is 67.4 cm³/mol. The molecule has 92 valence electrons. The third-order valence-corrected chi connectivity index (χ3v) is 2.61. The van der Waals surface area contributed by atoms with Crippen LogP contribution >= 0.6 is 0 Å². The van der Waals surface area contributed by atoms with Gasteiger partial charge in [-0.1, -0.05) is 12.0 Å². The molecule has 0 aromatic heterocycles. The Morgan fingerprint density at radius 3 is 2.59 bits per heavy atom. The van der Waals surface area contributed by atoms with Gasteiger partial charge in [0.15, 0.2) is 0 Å². The lowest BCUT2D eigenvalue weighted by Gasteiger charge is -2.25. The van der Waals surface area contributed by atoms with Gasteiger partial charge in [-0.15, -0.1) is 6.42 Å². The molecule has 0 bridgehead atoms. The molecule has 1 atom stereocenters. The number of hydrogen-bond acceptors (Lipinski definition) is 2. The summed E-state index contributed by atoms with van der Waals surface area (Å²) < 4.78 is 18.8. The van der Waals surface area contributed by atoms with Gasteiger partial charge in [0.05, 0.1) is 12.6 Å². The van der Waals surface area contributed by atoms with E-state index in [0.29, 0.717) is 11.3 Å². The smallest absolute Gasteiger partial charge is 0.131 e. The van der Waals surface area contributed by atoms with E-state index in [2.05, 4.69) is 11.2 Å². The highest BCUT2D eigenvalue weighted by atomic mass is 19.1. The Hall–Kier alpha value is -1.53. The zero-order chi connectivity index (χ0) is 13.1. The molecule has 1 rings (SSSR count). The second-order valence-corrected chi connectivity index (χ2v) is 4.52. The van der Waals surface area contributed by atoms with Crippen molar-refractivity contribution in [2.24, 2.45) is 0 Å². The Kier molecular flexibility index (Phi) is 4.14. The van der Waals surface area contributed by atoms with Crippen LogP contribution in [0.5, 0.6) is 5.75 Å². The number of terminal acetylenes is 1. The highest BCUT2D eigenvalue weighted by Gasteiger charge is 2.19. The van der Waals surface area contributed by atoms with Crippen molar-refractivity contribution in [2.75, 3.05) is 7.11 Å². The molecule has 0 amide bonds. The molecule has 0 radical (unpaired) electrons. The fourth-order valence-electron chi connectivity index (χ4n) is 1.65. The lowest BCUT2D eigenvalue weighted by molar-refractivity contribution is 0.403. The van der Waals surface area contributed by atoms with Crippen molar-refractivity contribution >= 4 is 0 Å². The molecule has 0 fully saturated rings. The average Bonchev–Trinajstić information content (AvgIpc) is 2.28. The summed E-state index contributed by atoms with van der Waals surface area (Å²) in [5, 5.41) is 3.18. The van der Waals surface area contributed by atoms with E-state index in [1.54, 1.807) is 12.1 Å². The number of nitrogens with one attached hydrogen (secondary N) is 1. The summed E-state index contributed by atoms with van der Waals surface area (Å²) in [6.45, 7) is 5.64. The van der Waals surface area contributed by atoms with Gasteiger partial charge in [-0.3, -0.25) is 5.32 Å². The average molecular weight is 235 g/mol. The van der Waals surface area contributed by atoms with Crippen LogP contribution in [0.4, 0.5) is 4.39 Å². The summed E-state index contributed by atoms with van der Waals surface area (Å²) in [4.78, 5) is 0. The SMILES string of the molecule is C#CC(C)(C)NC(C)c1ccc(OC)cc1F. The Bertz CT molecular complexity index is 434. The van der Waals surface area contributed by atoms with Crippen molar-refractivity contribution in [1.82, 2.24) is 5.32 Å². The predicted octanol–water partition coefficient (Wildman–Crippen LogP) is 2.90. The summed E-state index contributed by atoms with van der Waals surface area (Å²) in [6.07, 6.45) is 5.39. The fraction of sp³-hybridized carbons (Fsp3) is 0.429. The van der Waals surface area contributed by atoms with Gasteiger partial charge in [-0.2, -0.15) is 0 Å². The van der Waals surface area contributed by atoms with Crippen LogP contribution in [0.1, 0.15) is 32.4 Å². The van der Waals surface area contributed by atoms with Crippen molar-refractivity contribution in [2.45, 2.75) is 32.4 Å². The summed E-state index contributed by atoms with van der Waals surface area (Å²) in [6, 6.07) is 4.65. The van der Waals surface area contributed by atoms with Crippen LogP contribution in [0.15, 0.2) is 18.2 Å². The molecule has 0 aliphatic carbocycles. The molecule has 1 aromatic rings. The summed E-state index contributed by atoms with van der Waals surface area (Å²) >= 11 is 0. The maximum absolute atomic E-state index is 13.8. The molecular formula is C14H18FNO. The van der Waals surface area contributed by atoms with Crippen LogP contribution in [0, 0.1) is 18.2 Å². The van der Waals surface area contributed by atoms with Gasteiger partial charge in [-0.05, 0) is 26.8 Å². The molecular weight excluding hydrogens is 217 g/mol. The molecule has 1 unspecified atom stereocenters. The molecule has 0 aliphatic heterocycles. The van der Waals surface area contributed by atoms with E-state index in [9.17, 15) is 4.39 Å². The van der Waals surface area contributed by atoms with Crippen molar-refractivity contribution in [3.8, 4) is 18.1 Å². The first-order chi connectivity index (χ1) is 7.89. The van der Waals surface area contributed by atoms with Crippen LogP contribution < -0.4 is 10.1 Å². The summed E-state index contributed by atoms with van der Waals surface area (Å²) in [5.74, 6) is 2.84. The van der Waals surface area contributed by atoms with E-state index in [0.717, 1.165) is 0 Å². The second kappa shape index (κ2) is 5.20. The zero-order valence-corrected chi connectivity index (χ0v) is 10.7. The van der Waals surface area contributed by atoms with E-state index in [4.69, 9.17) is 11.2 Å². The third kappa shape index (κ3) is 3.47. The second-order valence-electron chi connectivity index (χ2n) is 4.52. The van der Waals surface area contributed by atoms with E-state index < -0.39 is 5.54 Å². The molecule has 2 nitrogen and oxygen atoms in total. The maximum Gasteiger partial charge on any atom is 0.131 e. The van der Waals surface area contributed by atoms with Gasteiger partial charge < -0.3 is 4.74 Å². The van der Waals surface area contributed by atoms with Gasteiger partial charge in [0.1, 0.15) is 11.6 Å². The number of ether oxygens (including phenoxy) is 1. The Morgan fingerprint density at radius 2 is 2.12 bits per heavy atom. The van der Waals surface area contributed by atoms with Crippen molar-refractivity contribution in [1.29, 1.82) is 0 Å².